The van der Waals surface area contributed by atoms with Crippen molar-refractivity contribution in [2.45, 2.75) is 12.8 Å². The van der Waals surface area contributed by atoms with Gasteiger partial charge in [-0.2, -0.15) is 0 Å². The first-order valence-corrected chi connectivity index (χ1v) is 6.08. The van der Waals surface area contributed by atoms with Crippen LogP contribution in [0.3, 0.4) is 0 Å². The van der Waals surface area contributed by atoms with Gasteiger partial charge in [0, 0.05) is 0 Å². The van der Waals surface area contributed by atoms with Gasteiger partial charge >= 0.3 is 0 Å². The van der Waals surface area contributed by atoms with Crippen molar-refractivity contribution < 1.29 is 4.79 Å². The van der Waals surface area contributed by atoms with Gasteiger partial charge in [0.05, 0.1) is 5.41 Å². The van der Waals surface area contributed by atoms with E-state index in [9.17, 15) is 4.79 Å². The molecule has 7 aliphatic carbocycles. The van der Waals surface area contributed by atoms with Crippen molar-refractivity contribution in [3.05, 3.63) is 0 Å². The zero-order chi connectivity index (χ0) is 9.03. The molecule has 72 valence electrons. The first kappa shape index (κ1) is 6.14. The van der Waals surface area contributed by atoms with E-state index in [0.29, 0.717) is 0 Å². The molecule has 0 saturated heterocycles. The van der Waals surface area contributed by atoms with E-state index in [2.05, 4.69) is 0 Å². The number of carbonyl (C=O) groups is 1. The van der Waals surface area contributed by atoms with E-state index in [4.69, 9.17) is 5.73 Å². The van der Waals surface area contributed by atoms with Crippen molar-refractivity contribution in [1.82, 2.24) is 0 Å². The second-order valence-corrected chi connectivity index (χ2v) is 6.73. The van der Waals surface area contributed by atoms with Crippen molar-refractivity contribution >= 4 is 5.91 Å². The molecule has 14 heavy (non-hydrogen) atoms. The standard InChI is InChI=1S/C12H13NO/c13-10(14)12-7-4-8(12)6-9(12)5(7)11(4,6)3-1-2-3/h3-9H,1-2H2,(H2,13,14). The average Bonchev–Trinajstić information content (AvgIpc) is 3.00. The molecule has 0 heterocycles. The van der Waals surface area contributed by atoms with Gasteiger partial charge in [-0.15, -0.1) is 0 Å². The minimum atomic E-state index is 0.0605. The van der Waals surface area contributed by atoms with Crippen molar-refractivity contribution in [2.75, 3.05) is 0 Å². The molecular weight excluding hydrogens is 174 g/mol. The normalized spacial score (nSPS) is 82.6. The second-order valence-electron chi connectivity index (χ2n) is 6.73. The number of rotatable bonds is 2. The Bertz CT molecular complexity index is 382. The van der Waals surface area contributed by atoms with Crippen LogP contribution in [0.25, 0.3) is 0 Å². The summed E-state index contributed by atoms with van der Waals surface area (Å²) in [6.07, 6.45) is 3.00. The largest absolute Gasteiger partial charge is 0.369 e. The summed E-state index contributed by atoms with van der Waals surface area (Å²) < 4.78 is 0. The number of hydrogen-bond donors (Lipinski definition) is 1. The molecule has 7 fully saturated rings. The van der Waals surface area contributed by atoms with Crippen LogP contribution in [0.15, 0.2) is 0 Å². The van der Waals surface area contributed by atoms with Gasteiger partial charge in [0.15, 0.2) is 0 Å². The number of amides is 1. The Balaban J connectivity index is 1.53. The summed E-state index contributed by atoms with van der Waals surface area (Å²) in [5.41, 5.74) is 6.51. The zero-order valence-corrected chi connectivity index (χ0v) is 7.94. The molecule has 7 aliphatic rings. The predicted octanol–water partition coefficient (Wildman–Crippen LogP) is 0.620. The maximum absolute atomic E-state index is 11.5. The van der Waals surface area contributed by atoms with Crippen LogP contribution in [-0.2, 0) is 4.79 Å². The Kier molecular flexibility index (Phi) is 0.512. The summed E-state index contributed by atoms with van der Waals surface area (Å²) in [6.45, 7) is 0. The molecule has 0 spiro atoms. The van der Waals surface area contributed by atoms with Gasteiger partial charge in [0.2, 0.25) is 5.91 Å². The highest BCUT2D eigenvalue weighted by Crippen LogP contribution is 3.12. The molecule has 0 bridgehead atoms. The first-order valence-electron chi connectivity index (χ1n) is 6.08. The monoisotopic (exact) mass is 187 g/mol. The van der Waals surface area contributed by atoms with Crippen LogP contribution in [0.5, 0.6) is 0 Å². The summed E-state index contributed by atoms with van der Waals surface area (Å²) in [4.78, 5) is 11.5. The molecular formula is C12H13NO. The van der Waals surface area contributed by atoms with Crippen LogP contribution in [-0.4, -0.2) is 5.91 Å². The van der Waals surface area contributed by atoms with Crippen molar-refractivity contribution in [2.24, 2.45) is 58.0 Å². The van der Waals surface area contributed by atoms with Gasteiger partial charge in [-0.3, -0.25) is 4.79 Å². The molecule has 2 heteroatoms. The highest BCUT2D eigenvalue weighted by molar-refractivity contribution is 5.91. The lowest BCUT2D eigenvalue weighted by atomic mass is 8.91. The van der Waals surface area contributed by atoms with Crippen LogP contribution in [0.1, 0.15) is 12.8 Å². The van der Waals surface area contributed by atoms with Crippen LogP contribution in [0, 0.1) is 52.3 Å². The lowest BCUT2D eigenvalue weighted by molar-refractivity contribution is -0.646. The highest BCUT2D eigenvalue weighted by atomic mass is 16.1. The lowest BCUT2D eigenvalue weighted by Crippen LogP contribution is -3.11. The lowest BCUT2D eigenvalue weighted by Gasteiger charge is -3.11. The smallest absolute Gasteiger partial charge is 0.224 e. The van der Waals surface area contributed by atoms with E-state index in [1.165, 1.54) is 12.8 Å². The first-order chi connectivity index (χ1) is 6.78. The van der Waals surface area contributed by atoms with E-state index in [1.807, 2.05) is 0 Å². The molecule has 2 nitrogen and oxygen atoms in total. The fraction of sp³-hybridized carbons (Fsp3) is 0.917. The fourth-order valence-electron chi connectivity index (χ4n) is 7.50. The van der Waals surface area contributed by atoms with Gasteiger partial charge in [0.25, 0.3) is 0 Å². The Morgan fingerprint density at radius 2 is 1.50 bits per heavy atom. The Morgan fingerprint density at radius 3 is 1.86 bits per heavy atom. The predicted molar refractivity (Wildman–Crippen MR) is 47.7 cm³/mol. The van der Waals surface area contributed by atoms with Gasteiger partial charge < -0.3 is 5.73 Å². The van der Waals surface area contributed by atoms with Crippen molar-refractivity contribution in [1.29, 1.82) is 0 Å². The minimum absolute atomic E-state index is 0.0605. The third-order valence-corrected chi connectivity index (χ3v) is 7.42. The van der Waals surface area contributed by atoms with E-state index in [-0.39, 0.29) is 11.3 Å². The maximum Gasteiger partial charge on any atom is 0.224 e. The molecule has 0 aromatic carbocycles. The maximum atomic E-state index is 11.5. The topological polar surface area (TPSA) is 43.1 Å². The number of nitrogens with two attached hydrogens (primary N) is 1. The molecule has 0 aromatic rings. The summed E-state index contributed by atoms with van der Waals surface area (Å²) in [5.74, 6) is 6.50. The third-order valence-electron chi connectivity index (χ3n) is 7.42. The van der Waals surface area contributed by atoms with Gasteiger partial charge in [0.1, 0.15) is 0 Å². The summed E-state index contributed by atoms with van der Waals surface area (Å²) >= 11 is 0. The highest BCUT2D eigenvalue weighted by Gasteiger charge is 3.11. The summed E-state index contributed by atoms with van der Waals surface area (Å²) in [7, 11) is 0. The molecule has 7 rings (SSSR count). The molecule has 7 saturated carbocycles. The van der Waals surface area contributed by atoms with E-state index >= 15 is 0 Å². The Labute approximate surface area is 82.2 Å². The molecule has 0 atom stereocenters. The number of primary amides is 1. The van der Waals surface area contributed by atoms with Crippen LogP contribution >= 0.6 is 0 Å². The average molecular weight is 187 g/mol. The molecule has 2 N–H and O–H groups in total. The number of carbonyl (C=O) groups excluding carboxylic acids is 1. The molecule has 0 aliphatic heterocycles. The number of hydrogen-bond acceptors (Lipinski definition) is 1. The third kappa shape index (κ3) is 0.227. The quantitative estimate of drug-likeness (QED) is 0.676. The van der Waals surface area contributed by atoms with E-state index in [0.717, 1.165) is 46.8 Å². The Morgan fingerprint density at radius 1 is 1.00 bits per heavy atom. The van der Waals surface area contributed by atoms with E-state index in [1.54, 1.807) is 0 Å². The Hall–Kier alpha value is -0.530. The molecule has 0 aromatic heterocycles. The van der Waals surface area contributed by atoms with E-state index < -0.39 is 0 Å². The molecule has 0 unspecified atom stereocenters. The van der Waals surface area contributed by atoms with Crippen molar-refractivity contribution in [3.63, 3.8) is 0 Å². The minimum Gasteiger partial charge on any atom is -0.369 e. The molecule has 1 amide bonds. The van der Waals surface area contributed by atoms with Crippen LogP contribution < -0.4 is 5.73 Å². The van der Waals surface area contributed by atoms with Gasteiger partial charge in [-0.25, -0.2) is 0 Å². The van der Waals surface area contributed by atoms with Gasteiger partial charge in [-0.1, -0.05) is 0 Å². The fourth-order valence-corrected chi connectivity index (χ4v) is 7.50. The summed E-state index contributed by atoms with van der Waals surface area (Å²) in [5, 5.41) is 0. The van der Waals surface area contributed by atoms with Crippen LogP contribution in [0.2, 0.25) is 0 Å². The summed E-state index contributed by atoms with van der Waals surface area (Å²) in [6, 6.07) is 0. The van der Waals surface area contributed by atoms with Gasteiger partial charge in [-0.05, 0) is 59.7 Å². The SMILES string of the molecule is NC(=O)C12C3C4C1C1C2C3C41C1CC1. The van der Waals surface area contributed by atoms with Crippen molar-refractivity contribution in [3.8, 4) is 0 Å². The second kappa shape index (κ2) is 1.17. The van der Waals surface area contributed by atoms with Crippen LogP contribution in [0.4, 0.5) is 0 Å². The zero-order valence-electron chi connectivity index (χ0n) is 7.94. The molecule has 0 radical (unpaired) electrons.